The summed E-state index contributed by atoms with van der Waals surface area (Å²) in [5.74, 6) is -2.16. The fraction of sp³-hybridized carbons (Fsp3) is 0.400. The zero-order valence-electron chi connectivity index (χ0n) is 12.2. The van der Waals surface area contributed by atoms with Crippen LogP contribution in [0.3, 0.4) is 0 Å². The molecular weight excluding hydrogens is 272 g/mol. The average Bonchev–Trinajstić information content (AvgIpc) is 2.38. The molecule has 1 aromatic carbocycles. The molecule has 0 spiro atoms. The number of carbonyl (C=O) groups is 3. The molecule has 0 aliphatic rings. The van der Waals surface area contributed by atoms with Crippen molar-refractivity contribution in [3.8, 4) is 0 Å². The van der Waals surface area contributed by atoms with Crippen LogP contribution in [0.1, 0.15) is 29.5 Å². The maximum absolute atomic E-state index is 11.9. The second-order valence-electron chi connectivity index (χ2n) is 5.06. The Morgan fingerprint density at radius 1 is 1.24 bits per heavy atom. The smallest absolute Gasteiger partial charge is 0.326 e. The van der Waals surface area contributed by atoms with E-state index in [4.69, 9.17) is 10.8 Å². The minimum absolute atomic E-state index is 0.0106. The molecule has 114 valence electrons. The number of carboxylic acid groups (broad SMARTS) is 1. The summed E-state index contributed by atoms with van der Waals surface area (Å²) in [4.78, 5) is 33.6. The number of carbonyl (C=O) groups excluding carboxylic acids is 2. The van der Waals surface area contributed by atoms with Gasteiger partial charge in [0.15, 0.2) is 0 Å². The van der Waals surface area contributed by atoms with E-state index in [0.29, 0.717) is 0 Å². The van der Waals surface area contributed by atoms with Gasteiger partial charge in [0.2, 0.25) is 11.8 Å². The van der Waals surface area contributed by atoms with Crippen molar-refractivity contribution >= 4 is 17.8 Å². The largest absolute Gasteiger partial charge is 0.480 e. The first kappa shape index (κ1) is 16.7. The zero-order valence-corrected chi connectivity index (χ0v) is 12.2. The maximum atomic E-state index is 11.9. The van der Waals surface area contributed by atoms with Crippen LogP contribution in [-0.4, -0.2) is 28.9 Å². The van der Waals surface area contributed by atoms with Crippen molar-refractivity contribution in [2.24, 2.45) is 5.73 Å². The molecule has 0 aromatic heterocycles. The van der Waals surface area contributed by atoms with E-state index in [0.717, 1.165) is 16.7 Å². The molecule has 0 saturated heterocycles. The highest BCUT2D eigenvalue weighted by molar-refractivity contribution is 5.85. The minimum atomic E-state index is -1.18. The summed E-state index contributed by atoms with van der Waals surface area (Å²) in [5.41, 5.74) is 8.00. The van der Waals surface area contributed by atoms with Gasteiger partial charge in [-0.25, -0.2) is 4.79 Å². The number of nitrogens with two attached hydrogens (primary N) is 1. The highest BCUT2D eigenvalue weighted by Gasteiger charge is 2.20. The molecule has 1 atom stereocenters. The van der Waals surface area contributed by atoms with E-state index in [-0.39, 0.29) is 19.3 Å². The van der Waals surface area contributed by atoms with Crippen LogP contribution in [0.4, 0.5) is 0 Å². The van der Waals surface area contributed by atoms with Gasteiger partial charge in [-0.15, -0.1) is 0 Å². The predicted octanol–water partition coefficient (Wildman–Crippen LogP) is 0.681. The Balaban J connectivity index is 2.62. The van der Waals surface area contributed by atoms with E-state index < -0.39 is 23.8 Å². The fourth-order valence-corrected chi connectivity index (χ4v) is 1.89. The Bertz CT molecular complexity index is 555. The number of amides is 2. The van der Waals surface area contributed by atoms with Crippen molar-refractivity contribution in [1.29, 1.82) is 0 Å². The lowest BCUT2D eigenvalue weighted by Crippen LogP contribution is -2.42. The van der Waals surface area contributed by atoms with Crippen LogP contribution in [0.5, 0.6) is 0 Å². The summed E-state index contributed by atoms with van der Waals surface area (Å²) >= 11 is 0. The van der Waals surface area contributed by atoms with Crippen LogP contribution in [0.2, 0.25) is 0 Å². The Morgan fingerprint density at radius 2 is 1.90 bits per heavy atom. The molecule has 1 rings (SSSR count). The summed E-state index contributed by atoms with van der Waals surface area (Å²) in [7, 11) is 0. The topological polar surface area (TPSA) is 109 Å². The first-order valence-electron chi connectivity index (χ1n) is 6.66. The normalized spacial score (nSPS) is 11.7. The van der Waals surface area contributed by atoms with Gasteiger partial charge in [0.1, 0.15) is 6.04 Å². The number of hydrogen-bond acceptors (Lipinski definition) is 3. The summed E-state index contributed by atoms with van der Waals surface area (Å²) in [6.07, 6.45) is 0.00565. The van der Waals surface area contributed by atoms with E-state index >= 15 is 0 Å². The second kappa shape index (κ2) is 7.42. The molecule has 0 unspecified atom stereocenters. The lowest BCUT2D eigenvalue weighted by Gasteiger charge is -2.14. The van der Waals surface area contributed by atoms with Gasteiger partial charge in [-0.05, 0) is 37.0 Å². The molecule has 2 amide bonds. The predicted molar refractivity (Wildman–Crippen MR) is 77.6 cm³/mol. The molecule has 0 aliphatic carbocycles. The molecule has 4 N–H and O–H groups in total. The van der Waals surface area contributed by atoms with Crippen LogP contribution in [0.15, 0.2) is 18.2 Å². The molecule has 0 radical (unpaired) electrons. The van der Waals surface area contributed by atoms with Gasteiger partial charge in [-0.3, -0.25) is 9.59 Å². The van der Waals surface area contributed by atoms with Gasteiger partial charge in [0, 0.05) is 6.42 Å². The van der Waals surface area contributed by atoms with Crippen molar-refractivity contribution in [3.63, 3.8) is 0 Å². The number of aliphatic carboxylic acids is 1. The van der Waals surface area contributed by atoms with Crippen LogP contribution in [0.25, 0.3) is 0 Å². The van der Waals surface area contributed by atoms with Gasteiger partial charge in [0.25, 0.3) is 0 Å². The van der Waals surface area contributed by atoms with Crippen LogP contribution >= 0.6 is 0 Å². The van der Waals surface area contributed by atoms with Crippen molar-refractivity contribution in [3.05, 3.63) is 34.9 Å². The molecule has 0 heterocycles. The Hall–Kier alpha value is -2.37. The van der Waals surface area contributed by atoms with Crippen LogP contribution in [-0.2, 0) is 20.8 Å². The molecule has 21 heavy (non-hydrogen) atoms. The summed E-state index contributed by atoms with van der Waals surface area (Å²) < 4.78 is 0. The van der Waals surface area contributed by atoms with Gasteiger partial charge in [-0.2, -0.15) is 0 Å². The maximum Gasteiger partial charge on any atom is 0.326 e. The van der Waals surface area contributed by atoms with E-state index in [9.17, 15) is 14.4 Å². The van der Waals surface area contributed by atoms with E-state index in [2.05, 4.69) is 5.32 Å². The van der Waals surface area contributed by atoms with Crippen molar-refractivity contribution < 1.29 is 19.5 Å². The SMILES string of the molecule is Cc1ccc(CC(=O)N[C@H](CCC(N)=O)C(=O)O)cc1C. The van der Waals surface area contributed by atoms with Gasteiger partial charge >= 0.3 is 5.97 Å². The summed E-state index contributed by atoms with van der Waals surface area (Å²) in [6.45, 7) is 3.92. The van der Waals surface area contributed by atoms with Crippen LogP contribution in [0, 0.1) is 13.8 Å². The third-order valence-corrected chi connectivity index (χ3v) is 3.25. The lowest BCUT2D eigenvalue weighted by atomic mass is 10.0. The fourth-order valence-electron chi connectivity index (χ4n) is 1.89. The average molecular weight is 292 g/mol. The number of rotatable bonds is 7. The highest BCUT2D eigenvalue weighted by atomic mass is 16.4. The van der Waals surface area contributed by atoms with Crippen LogP contribution < -0.4 is 11.1 Å². The Morgan fingerprint density at radius 3 is 2.43 bits per heavy atom. The van der Waals surface area contributed by atoms with Crippen molar-refractivity contribution in [2.45, 2.75) is 39.2 Å². The van der Waals surface area contributed by atoms with E-state index in [1.807, 2.05) is 32.0 Å². The molecular formula is C15H20N2O4. The first-order chi connectivity index (χ1) is 9.79. The van der Waals surface area contributed by atoms with E-state index in [1.54, 1.807) is 0 Å². The van der Waals surface area contributed by atoms with Gasteiger partial charge in [-0.1, -0.05) is 18.2 Å². The number of benzene rings is 1. The molecule has 0 saturated carbocycles. The number of primary amides is 1. The lowest BCUT2D eigenvalue weighted by molar-refractivity contribution is -0.142. The molecule has 0 fully saturated rings. The number of nitrogens with one attached hydrogen (secondary N) is 1. The van der Waals surface area contributed by atoms with E-state index in [1.165, 1.54) is 0 Å². The third-order valence-electron chi connectivity index (χ3n) is 3.25. The second-order valence-corrected chi connectivity index (χ2v) is 5.06. The molecule has 0 bridgehead atoms. The van der Waals surface area contributed by atoms with Gasteiger partial charge in [0.05, 0.1) is 6.42 Å². The Kier molecular flexibility index (Phi) is 5.90. The van der Waals surface area contributed by atoms with Crippen molar-refractivity contribution in [2.75, 3.05) is 0 Å². The third kappa shape index (κ3) is 5.64. The molecule has 6 heteroatoms. The zero-order chi connectivity index (χ0) is 16.0. The minimum Gasteiger partial charge on any atom is -0.480 e. The Labute approximate surface area is 123 Å². The molecule has 1 aromatic rings. The highest BCUT2D eigenvalue weighted by Crippen LogP contribution is 2.10. The summed E-state index contributed by atoms with van der Waals surface area (Å²) in [6, 6.07) is 4.55. The standard InChI is InChI=1S/C15H20N2O4/c1-9-3-4-11(7-10(9)2)8-14(19)17-12(15(20)21)5-6-13(16)18/h3-4,7,12H,5-6,8H2,1-2H3,(H2,16,18)(H,17,19)(H,20,21)/t12-/m1/s1. The first-order valence-corrected chi connectivity index (χ1v) is 6.66. The number of carboxylic acids is 1. The molecule has 6 nitrogen and oxygen atoms in total. The van der Waals surface area contributed by atoms with Crippen molar-refractivity contribution in [1.82, 2.24) is 5.32 Å². The molecule has 0 aliphatic heterocycles. The monoisotopic (exact) mass is 292 g/mol. The summed E-state index contributed by atoms with van der Waals surface area (Å²) in [5, 5.41) is 11.4. The number of aryl methyl sites for hydroxylation is 2. The van der Waals surface area contributed by atoms with Gasteiger partial charge < -0.3 is 16.2 Å². The number of hydrogen-bond donors (Lipinski definition) is 3. The quantitative estimate of drug-likeness (QED) is 0.686.